The van der Waals surface area contributed by atoms with Gasteiger partial charge in [-0.2, -0.15) is 0 Å². The first-order valence-electron chi connectivity index (χ1n) is 8.15. The Balaban J connectivity index is 2.01. The van der Waals surface area contributed by atoms with Gasteiger partial charge < -0.3 is 11.1 Å². The van der Waals surface area contributed by atoms with E-state index in [0.29, 0.717) is 12.1 Å². The largest absolute Gasteiger partial charge is 0.399 e. The zero-order valence-electron chi connectivity index (χ0n) is 14.5. The Labute approximate surface area is 138 Å². The van der Waals surface area contributed by atoms with Gasteiger partial charge in [0.1, 0.15) is 12.1 Å². The molecule has 23 heavy (non-hydrogen) atoms. The summed E-state index contributed by atoms with van der Waals surface area (Å²) in [7, 11) is 0. The number of rotatable bonds is 7. The van der Waals surface area contributed by atoms with Crippen molar-refractivity contribution in [2.75, 3.05) is 24.1 Å². The van der Waals surface area contributed by atoms with Crippen LogP contribution in [0, 0.1) is 0 Å². The zero-order chi connectivity index (χ0) is 16.8. The standard InChI is InChI=1S/C18H27N5/c1-13(2)23(14(3)4)9-8-20-18-11-17(21-12-22-18)15-6-5-7-16(19)10-15/h5-7,10-14H,8-9,19H2,1-4H3,(H,20,21,22). The highest BCUT2D eigenvalue weighted by molar-refractivity contribution is 5.65. The Morgan fingerprint density at radius 2 is 1.83 bits per heavy atom. The second-order valence-electron chi connectivity index (χ2n) is 6.27. The molecule has 0 saturated heterocycles. The summed E-state index contributed by atoms with van der Waals surface area (Å²) < 4.78 is 0. The van der Waals surface area contributed by atoms with E-state index in [2.05, 4.69) is 47.9 Å². The Bertz CT molecular complexity index is 616. The molecule has 1 aromatic carbocycles. The number of hydrogen-bond acceptors (Lipinski definition) is 5. The van der Waals surface area contributed by atoms with E-state index >= 15 is 0 Å². The van der Waals surface area contributed by atoms with Crippen molar-refractivity contribution in [1.29, 1.82) is 0 Å². The van der Waals surface area contributed by atoms with Gasteiger partial charge in [0, 0.05) is 42.5 Å². The van der Waals surface area contributed by atoms with Crippen LogP contribution >= 0.6 is 0 Å². The van der Waals surface area contributed by atoms with Gasteiger partial charge in [-0.1, -0.05) is 12.1 Å². The van der Waals surface area contributed by atoms with Crippen LogP contribution in [0.3, 0.4) is 0 Å². The first-order chi connectivity index (χ1) is 11.0. The Kier molecular flexibility index (Phi) is 5.93. The third-order valence-corrected chi connectivity index (χ3v) is 3.85. The van der Waals surface area contributed by atoms with Crippen molar-refractivity contribution in [3.63, 3.8) is 0 Å². The lowest BCUT2D eigenvalue weighted by Gasteiger charge is -2.30. The molecule has 0 atom stereocenters. The van der Waals surface area contributed by atoms with Crippen LogP contribution in [0.15, 0.2) is 36.7 Å². The summed E-state index contributed by atoms with van der Waals surface area (Å²) in [6, 6.07) is 10.8. The molecule has 0 unspecified atom stereocenters. The van der Waals surface area contributed by atoms with E-state index in [4.69, 9.17) is 5.73 Å². The number of nitrogens with zero attached hydrogens (tertiary/aromatic N) is 3. The van der Waals surface area contributed by atoms with E-state index in [1.165, 1.54) is 0 Å². The maximum Gasteiger partial charge on any atom is 0.129 e. The fourth-order valence-corrected chi connectivity index (χ4v) is 2.74. The molecular weight excluding hydrogens is 286 g/mol. The highest BCUT2D eigenvalue weighted by Gasteiger charge is 2.12. The van der Waals surface area contributed by atoms with Crippen molar-refractivity contribution in [2.24, 2.45) is 0 Å². The second-order valence-corrected chi connectivity index (χ2v) is 6.27. The van der Waals surface area contributed by atoms with E-state index < -0.39 is 0 Å². The summed E-state index contributed by atoms with van der Waals surface area (Å²) in [5.74, 6) is 0.838. The number of nitrogen functional groups attached to an aromatic ring is 1. The number of benzene rings is 1. The minimum absolute atomic E-state index is 0.532. The summed E-state index contributed by atoms with van der Waals surface area (Å²) in [6.07, 6.45) is 1.59. The van der Waals surface area contributed by atoms with Gasteiger partial charge in [-0.25, -0.2) is 9.97 Å². The highest BCUT2D eigenvalue weighted by atomic mass is 15.2. The quantitative estimate of drug-likeness (QED) is 0.768. The lowest BCUT2D eigenvalue weighted by Crippen LogP contribution is -2.40. The van der Waals surface area contributed by atoms with Crippen molar-refractivity contribution in [1.82, 2.24) is 14.9 Å². The van der Waals surface area contributed by atoms with Crippen molar-refractivity contribution >= 4 is 11.5 Å². The summed E-state index contributed by atoms with van der Waals surface area (Å²) in [5, 5.41) is 3.39. The lowest BCUT2D eigenvalue weighted by molar-refractivity contribution is 0.182. The van der Waals surface area contributed by atoms with Crippen LogP contribution in [0.4, 0.5) is 11.5 Å². The predicted molar refractivity (Wildman–Crippen MR) is 97.3 cm³/mol. The van der Waals surface area contributed by atoms with Crippen LogP contribution in [0.2, 0.25) is 0 Å². The molecule has 0 fully saturated rings. The molecule has 2 aromatic rings. The van der Waals surface area contributed by atoms with Crippen LogP contribution in [0.1, 0.15) is 27.7 Å². The van der Waals surface area contributed by atoms with E-state index in [-0.39, 0.29) is 0 Å². The van der Waals surface area contributed by atoms with Crippen LogP contribution in [-0.4, -0.2) is 40.0 Å². The third-order valence-electron chi connectivity index (χ3n) is 3.85. The molecule has 0 amide bonds. The molecule has 0 aliphatic carbocycles. The van der Waals surface area contributed by atoms with Gasteiger partial charge >= 0.3 is 0 Å². The number of hydrogen-bond donors (Lipinski definition) is 2. The van der Waals surface area contributed by atoms with Crippen molar-refractivity contribution in [2.45, 2.75) is 39.8 Å². The minimum atomic E-state index is 0.532. The molecule has 2 rings (SSSR count). The monoisotopic (exact) mass is 313 g/mol. The molecule has 3 N–H and O–H groups in total. The summed E-state index contributed by atoms with van der Waals surface area (Å²) in [4.78, 5) is 11.1. The molecule has 0 radical (unpaired) electrons. The Hall–Kier alpha value is -2.14. The molecule has 0 aliphatic heterocycles. The number of anilines is 2. The van der Waals surface area contributed by atoms with Gasteiger partial charge in [0.2, 0.25) is 0 Å². The van der Waals surface area contributed by atoms with E-state index in [1.807, 2.05) is 30.3 Å². The molecule has 5 nitrogen and oxygen atoms in total. The van der Waals surface area contributed by atoms with Crippen LogP contribution in [-0.2, 0) is 0 Å². The molecular formula is C18H27N5. The van der Waals surface area contributed by atoms with Gasteiger partial charge in [-0.15, -0.1) is 0 Å². The van der Waals surface area contributed by atoms with Gasteiger partial charge in [0.05, 0.1) is 5.69 Å². The Morgan fingerprint density at radius 1 is 1.09 bits per heavy atom. The molecule has 124 valence electrons. The average molecular weight is 313 g/mol. The van der Waals surface area contributed by atoms with E-state index in [9.17, 15) is 0 Å². The van der Waals surface area contributed by atoms with Crippen molar-refractivity contribution in [3.8, 4) is 11.3 Å². The van der Waals surface area contributed by atoms with Gasteiger partial charge in [-0.05, 0) is 39.8 Å². The highest BCUT2D eigenvalue weighted by Crippen LogP contribution is 2.20. The number of aromatic nitrogens is 2. The molecule has 0 bridgehead atoms. The summed E-state index contributed by atoms with van der Waals surface area (Å²) in [5.41, 5.74) is 8.45. The normalized spacial score (nSPS) is 11.4. The van der Waals surface area contributed by atoms with Crippen LogP contribution in [0.5, 0.6) is 0 Å². The third kappa shape index (κ3) is 4.93. The fraction of sp³-hybridized carbons (Fsp3) is 0.444. The molecule has 0 spiro atoms. The van der Waals surface area contributed by atoms with Gasteiger partial charge in [0.15, 0.2) is 0 Å². The molecule has 0 saturated carbocycles. The molecule has 1 heterocycles. The Morgan fingerprint density at radius 3 is 2.48 bits per heavy atom. The fourth-order valence-electron chi connectivity index (χ4n) is 2.74. The summed E-state index contributed by atoms with van der Waals surface area (Å²) in [6.45, 7) is 10.7. The summed E-state index contributed by atoms with van der Waals surface area (Å²) >= 11 is 0. The smallest absolute Gasteiger partial charge is 0.129 e. The maximum absolute atomic E-state index is 5.84. The lowest BCUT2D eigenvalue weighted by atomic mass is 10.1. The number of nitrogens with one attached hydrogen (secondary N) is 1. The van der Waals surface area contributed by atoms with Crippen molar-refractivity contribution in [3.05, 3.63) is 36.7 Å². The minimum Gasteiger partial charge on any atom is -0.399 e. The van der Waals surface area contributed by atoms with Crippen LogP contribution in [0.25, 0.3) is 11.3 Å². The predicted octanol–water partition coefficient (Wildman–Crippen LogP) is 3.26. The van der Waals surface area contributed by atoms with Gasteiger partial charge in [0.25, 0.3) is 0 Å². The van der Waals surface area contributed by atoms with Crippen LogP contribution < -0.4 is 11.1 Å². The van der Waals surface area contributed by atoms with Gasteiger partial charge in [-0.3, -0.25) is 4.90 Å². The molecule has 0 aliphatic rings. The molecule has 1 aromatic heterocycles. The topological polar surface area (TPSA) is 67.1 Å². The maximum atomic E-state index is 5.84. The first kappa shape index (κ1) is 17.2. The van der Waals surface area contributed by atoms with Crippen molar-refractivity contribution < 1.29 is 0 Å². The first-order valence-corrected chi connectivity index (χ1v) is 8.15. The number of nitrogens with two attached hydrogens (primary N) is 1. The second kappa shape index (κ2) is 7.92. The molecule has 5 heteroatoms. The van der Waals surface area contributed by atoms with E-state index in [0.717, 1.165) is 35.9 Å². The average Bonchev–Trinajstić information content (AvgIpc) is 2.51. The SMILES string of the molecule is CC(C)N(CCNc1cc(-c2cccc(N)c2)ncn1)C(C)C. The van der Waals surface area contributed by atoms with E-state index in [1.54, 1.807) is 6.33 Å². The zero-order valence-corrected chi connectivity index (χ0v) is 14.5.